The van der Waals surface area contributed by atoms with E-state index < -0.39 is 46.4 Å². The lowest BCUT2D eigenvalue weighted by Crippen LogP contribution is -2.57. The predicted molar refractivity (Wildman–Crippen MR) is 110 cm³/mol. The van der Waals surface area contributed by atoms with Crippen LogP contribution in [0.25, 0.3) is 0 Å². The molecule has 1 saturated heterocycles. The summed E-state index contributed by atoms with van der Waals surface area (Å²) in [7, 11) is 0. The predicted octanol–water partition coefficient (Wildman–Crippen LogP) is 1.98. The normalized spacial score (nSPS) is 26.5. The Morgan fingerprint density at radius 2 is 2.00 bits per heavy atom. The third-order valence-corrected chi connectivity index (χ3v) is 7.25. The van der Waals surface area contributed by atoms with Gasteiger partial charge in [-0.1, -0.05) is 6.07 Å². The topological polar surface area (TPSA) is 101 Å². The molecular weight excluding hydrogens is 436 g/mol. The number of amides is 2. The van der Waals surface area contributed by atoms with Crippen LogP contribution in [0.3, 0.4) is 0 Å². The van der Waals surface area contributed by atoms with Crippen LogP contribution in [0.2, 0.25) is 0 Å². The minimum absolute atomic E-state index is 0.00723. The molecule has 10 heteroatoms. The fraction of sp³-hybridized carbons (Fsp3) is 0.435. The Hall–Kier alpha value is -3.27. The van der Waals surface area contributed by atoms with E-state index in [2.05, 4.69) is 5.32 Å². The molecule has 33 heavy (non-hydrogen) atoms. The molecule has 3 atom stereocenters. The molecule has 172 valence electrons. The molecule has 1 unspecified atom stereocenters. The highest BCUT2D eigenvalue weighted by Gasteiger charge is 2.49. The van der Waals surface area contributed by atoms with Crippen LogP contribution in [0.5, 0.6) is 5.75 Å². The number of carbonyl (C=O) groups is 2. The van der Waals surface area contributed by atoms with Crippen LogP contribution in [-0.4, -0.2) is 44.8 Å². The lowest BCUT2D eigenvalue weighted by atomic mass is 10.0. The fourth-order valence-corrected chi connectivity index (χ4v) is 5.46. The maximum Gasteiger partial charge on any atom is 0.276 e. The molecule has 2 amide bonds. The first kappa shape index (κ1) is 20.3. The molecule has 2 aromatic rings. The third-order valence-electron chi connectivity index (χ3n) is 7.25. The standard InChI is InChI=1S/C23H21F2N3O5/c24-11-1-4-15(16(25)7-11)23(5-6-23)26-21(31)14-9-27-10-17-28(12-2-3-13(8-12)33-17)22(32)18(27)20(30)19(14)29/h1,4,7,9,12-13,17,30H,2-3,5-6,8,10H2,(H,26,31)/t12-,13+,17?/m1/s1. The number of nitrogens with zero attached hydrogens (tertiary/aromatic N) is 2. The van der Waals surface area contributed by atoms with Crippen molar-refractivity contribution in [3.8, 4) is 5.75 Å². The van der Waals surface area contributed by atoms with Crippen molar-refractivity contribution in [2.24, 2.45) is 0 Å². The molecule has 4 aliphatic rings. The number of halogens is 2. The number of rotatable bonds is 3. The zero-order valence-corrected chi connectivity index (χ0v) is 17.5. The maximum atomic E-state index is 14.3. The van der Waals surface area contributed by atoms with Gasteiger partial charge in [0.25, 0.3) is 11.8 Å². The number of benzene rings is 1. The molecule has 3 heterocycles. The molecule has 2 aliphatic carbocycles. The Labute approximate surface area is 186 Å². The average Bonchev–Trinajstić information content (AvgIpc) is 3.44. The number of hydrogen-bond acceptors (Lipinski definition) is 5. The van der Waals surface area contributed by atoms with Gasteiger partial charge in [-0.2, -0.15) is 0 Å². The molecule has 1 aromatic heterocycles. The fourth-order valence-electron chi connectivity index (χ4n) is 5.46. The SMILES string of the molecule is O=C(NC1(c2ccc(F)cc2F)CC1)c1cn2c(c(O)c1=O)C(=O)N1C(C2)O[C@H]2CC[C@@H]1C2. The van der Waals surface area contributed by atoms with E-state index in [4.69, 9.17) is 4.74 Å². The van der Waals surface area contributed by atoms with Crippen LogP contribution in [0.1, 0.15) is 58.5 Å². The lowest BCUT2D eigenvalue weighted by Gasteiger charge is -2.44. The van der Waals surface area contributed by atoms with E-state index in [-0.39, 0.29) is 35.5 Å². The van der Waals surface area contributed by atoms with Gasteiger partial charge in [0.15, 0.2) is 17.7 Å². The van der Waals surface area contributed by atoms with Crippen LogP contribution in [0.15, 0.2) is 29.2 Å². The van der Waals surface area contributed by atoms with Gasteiger partial charge in [-0.25, -0.2) is 8.78 Å². The summed E-state index contributed by atoms with van der Waals surface area (Å²) < 4.78 is 35.0. The first-order chi connectivity index (χ1) is 15.8. The maximum absolute atomic E-state index is 14.3. The van der Waals surface area contributed by atoms with Gasteiger partial charge in [0, 0.05) is 23.9 Å². The average molecular weight is 457 g/mol. The monoisotopic (exact) mass is 457 g/mol. The Morgan fingerprint density at radius 3 is 2.73 bits per heavy atom. The number of carbonyl (C=O) groups excluding carboxylic acids is 2. The summed E-state index contributed by atoms with van der Waals surface area (Å²) in [4.78, 5) is 40.6. The van der Waals surface area contributed by atoms with Crippen LogP contribution in [0, 0.1) is 11.6 Å². The van der Waals surface area contributed by atoms with E-state index in [1.807, 2.05) is 0 Å². The quantitative estimate of drug-likeness (QED) is 0.734. The van der Waals surface area contributed by atoms with E-state index in [1.54, 1.807) is 4.90 Å². The zero-order valence-electron chi connectivity index (χ0n) is 17.5. The summed E-state index contributed by atoms with van der Waals surface area (Å²) in [5.74, 6) is -3.60. The van der Waals surface area contributed by atoms with Crippen LogP contribution >= 0.6 is 0 Å². The van der Waals surface area contributed by atoms with E-state index in [9.17, 15) is 28.3 Å². The molecule has 8 nitrogen and oxygen atoms in total. The molecule has 1 aromatic carbocycles. The van der Waals surface area contributed by atoms with E-state index >= 15 is 0 Å². The molecule has 6 rings (SSSR count). The highest BCUT2D eigenvalue weighted by molar-refractivity contribution is 5.99. The van der Waals surface area contributed by atoms with Crippen LogP contribution in [-0.2, 0) is 16.8 Å². The Morgan fingerprint density at radius 1 is 1.21 bits per heavy atom. The van der Waals surface area contributed by atoms with Gasteiger partial charge in [0.2, 0.25) is 5.43 Å². The van der Waals surface area contributed by atoms with Crippen LogP contribution in [0.4, 0.5) is 8.78 Å². The van der Waals surface area contributed by atoms with Crippen molar-refractivity contribution in [2.75, 3.05) is 0 Å². The molecule has 0 spiro atoms. The Balaban J connectivity index is 1.34. The number of ether oxygens (including phenoxy) is 1. The molecular formula is C23H21F2N3O5. The van der Waals surface area contributed by atoms with E-state index in [1.165, 1.54) is 16.8 Å². The molecule has 2 aliphatic heterocycles. The number of nitrogens with one attached hydrogen (secondary N) is 1. The van der Waals surface area contributed by atoms with Gasteiger partial charge in [0.05, 0.1) is 18.2 Å². The number of pyridine rings is 1. The second kappa shape index (κ2) is 6.86. The summed E-state index contributed by atoms with van der Waals surface area (Å²) in [5.41, 5.74) is -2.40. The second-order valence-corrected chi connectivity index (χ2v) is 9.27. The van der Waals surface area contributed by atoms with Crippen molar-refractivity contribution in [3.63, 3.8) is 0 Å². The van der Waals surface area contributed by atoms with Crippen molar-refractivity contribution in [3.05, 3.63) is 63.1 Å². The molecule has 2 bridgehead atoms. The molecule has 2 saturated carbocycles. The van der Waals surface area contributed by atoms with Gasteiger partial charge in [0.1, 0.15) is 17.2 Å². The number of fused-ring (bicyclic) bond motifs is 5. The Kier molecular flexibility index (Phi) is 4.23. The number of hydrogen-bond donors (Lipinski definition) is 2. The molecule has 0 radical (unpaired) electrons. The van der Waals surface area contributed by atoms with Crippen LogP contribution < -0.4 is 10.7 Å². The Bertz CT molecular complexity index is 1270. The van der Waals surface area contributed by atoms with Gasteiger partial charge >= 0.3 is 0 Å². The molecule has 3 fully saturated rings. The first-order valence-corrected chi connectivity index (χ1v) is 11.0. The smallest absolute Gasteiger partial charge is 0.276 e. The van der Waals surface area contributed by atoms with Crippen molar-refractivity contribution in [1.29, 1.82) is 0 Å². The lowest BCUT2D eigenvalue weighted by molar-refractivity contribution is -0.132. The van der Waals surface area contributed by atoms with Gasteiger partial charge in [-0.05, 0) is 38.2 Å². The third kappa shape index (κ3) is 3.00. The number of aromatic hydroxyl groups is 1. The summed E-state index contributed by atoms with van der Waals surface area (Å²) in [6.45, 7) is 0.180. The minimum Gasteiger partial charge on any atom is -0.503 e. The summed E-state index contributed by atoms with van der Waals surface area (Å²) in [6.07, 6.45) is 4.02. The molecule has 2 N–H and O–H groups in total. The van der Waals surface area contributed by atoms with Crippen molar-refractivity contribution in [2.45, 2.75) is 62.6 Å². The van der Waals surface area contributed by atoms with Crippen molar-refractivity contribution in [1.82, 2.24) is 14.8 Å². The summed E-state index contributed by atoms with van der Waals surface area (Å²) in [5, 5.41) is 13.3. The minimum atomic E-state index is -1.05. The summed E-state index contributed by atoms with van der Waals surface area (Å²) in [6, 6.07) is 3.14. The van der Waals surface area contributed by atoms with Crippen molar-refractivity contribution < 1.29 is 28.2 Å². The van der Waals surface area contributed by atoms with E-state index in [0.717, 1.165) is 31.4 Å². The van der Waals surface area contributed by atoms with Gasteiger partial charge < -0.3 is 24.6 Å². The van der Waals surface area contributed by atoms with Gasteiger partial charge in [-0.15, -0.1) is 0 Å². The number of aromatic nitrogens is 1. The zero-order chi connectivity index (χ0) is 23.1. The largest absolute Gasteiger partial charge is 0.503 e. The van der Waals surface area contributed by atoms with Crippen molar-refractivity contribution >= 4 is 11.8 Å². The first-order valence-electron chi connectivity index (χ1n) is 11.0. The highest BCUT2D eigenvalue weighted by atomic mass is 19.1. The highest BCUT2D eigenvalue weighted by Crippen LogP contribution is 2.47. The summed E-state index contributed by atoms with van der Waals surface area (Å²) >= 11 is 0. The van der Waals surface area contributed by atoms with E-state index in [0.29, 0.717) is 12.8 Å². The van der Waals surface area contributed by atoms with Gasteiger partial charge in [-0.3, -0.25) is 14.4 Å². The second-order valence-electron chi connectivity index (χ2n) is 9.27.